The Morgan fingerprint density at radius 2 is 0.517 bits per heavy atom. The van der Waals surface area contributed by atoms with E-state index in [1.807, 2.05) is 42.5 Å². The summed E-state index contributed by atoms with van der Waals surface area (Å²) in [4.78, 5) is 0. The molecule has 0 saturated carbocycles. The first-order valence-electron chi connectivity index (χ1n) is 40.5. The number of hydrogen-bond donors (Lipinski definition) is 3. The number of fused-ring (bicyclic) bond motifs is 18. The number of anilines is 6. The van der Waals surface area contributed by atoms with Gasteiger partial charge in [-0.15, -0.1) is 0 Å². The number of rotatable bonds is 12. The predicted octanol–water partition coefficient (Wildman–Crippen LogP) is 29.7. The van der Waals surface area contributed by atoms with Crippen LogP contribution in [-0.4, -0.2) is 0 Å². The van der Waals surface area contributed by atoms with Crippen molar-refractivity contribution in [2.24, 2.45) is 0 Å². The molecule has 18 aromatic carbocycles. The van der Waals surface area contributed by atoms with Crippen LogP contribution in [0.3, 0.4) is 0 Å². The van der Waals surface area contributed by atoms with Gasteiger partial charge in [-0.05, 0) is 198 Å². The van der Waals surface area contributed by atoms with Gasteiger partial charge in [0, 0.05) is 71.7 Å². The number of benzene rings is 18. The molecule has 0 amide bonds. The smallest absolute Gasteiger partial charge is 0.158 e. The normalized spacial score (nSPS) is 13.3. The van der Waals surface area contributed by atoms with Crippen LogP contribution in [0.2, 0.25) is 0 Å². The summed E-state index contributed by atoms with van der Waals surface area (Å²) in [6.07, 6.45) is 0. The summed E-state index contributed by atoms with van der Waals surface area (Å²) in [6.45, 7) is 2.35. The molecule has 3 N–H and O–H groups in total. The second kappa shape index (κ2) is 28.4. The summed E-state index contributed by atoms with van der Waals surface area (Å²) in [5.74, 6) is 0. The maximum atomic E-state index is 6.31. The first kappa shape index (κ1) is 69.5. The molecule has 0 radical (unpaired) electrons. The highest BCUT2D eigenvalue weighted by molar-refractivity contribution is 6.11. The minimum atomic E-state index is -0.419. The molecular formula is C112H77N3O3. The van der Waals surface area contributed by atoms with Gasteiger partial charge in [0.2, 0.25) is 0 Å². The largest absolute Gasteiger partial charge is 0.456 e. The van der Waals surface area contributed by atoms with E-state index >= 15 is 0 Å². The maximum Gasteiger partial charge on any atom is 0.158 e. The quantitative estimate of drug-likeness (QED) is 0.113. The molecule has 6 nitrogen and oxygen atoms in total. The van der Waals surface area contributed by atoms with Gasteiger partial charge in [0.05, 0.1) is 16.5 Å². The highest BCUT2D eigenvalue weighted by Crippen LogP contribution is 2.59. The van der Waals surface area contributed by atoms with E-state index in [9.17, 15) is 0 Å². The third-order valence-corrected chi connectivity index (χ3v) is 24.8. The van der Waals surface area contributed by atoms with Crippen LogP contribution in [0, 0.1) is 0 Å². The Bertz CT molecular complexity index is 7320. The highest BCUT2D eigenvalue weighted by atomic mass is 16.3. The minimum Gasteiger partial charge on any atom is -0.456 e. The standard InChI is InChI=1S/C43H29NO.C37H25NO.C32H23NO/c1-2-12-30(13-3-1)43(39-21-7-4-16-35(39)36-17-5-8-22-40(36)43)31-14-10-15-33(28-31)44-32-26-24-29(25-27-32)34-19-11-20-38-37-18-6-9-23-41(37)45-42(34)38;1-2-12-25(13-3-1)37(32-20-7-4-16-28(32)29-17-5-8-21-33(29)37)26-14-10-15-27(24-26)38-34-22-11-19-31-30-18-6-9-23-35(30)39-36(31)34;1-32(28-14-5-2-11-24(28)25-12-3-6-15-29(25)32)21-9-8-10-22(19-21)33-23-17-18-31-27(20-23)26-13-4-7-16-30(26)34-31/h1-28,44H;1-24,38H;2-20,33H,1H3. The SMILES string of the molecule is CC1(c2cccc(Nc3ccc4oc5ccccc5c4c3)c2)c2ccccc2-c2ccccc21.c1ccc(C2(c3cccc(Nc4ccc(-c5cccc6c5oc5ccccc56)cc4)c3)c3ccccc3-c3ccccc32)cc1.c1ccc(C2(c3cccc(Nc4cccc5c4oc4ccccc45)c3)c3ccccc3-c3ccccc32)cc1. The van der Waals surface area contributed by atoms with Gasteiger partial charge >= 0.3 is 0 Å². The van der Waals surface area contributed by atoms with E-state index in [-0.39, 0.29) is 5.41 Å². The molecule has 3 aromatic heterocycles. The minimum absolute atomic E-state index is 0.199. The van der Waals surface area contributed by atoms with E-state index in [0.717, 1.165) is 111 Å². The highest BCUT2D eigenvalue weighted by Gasteiger charge is 2.48. The molecule has 0 unspecified atom stereocenters. The molecule has 0 bridgehead atoms. The zero-order valence-corrected chi connectivity index (χ0v) is 64.7. The summed E-state index contributed by atoms with van der Waals surface area (Å²) >= 11 is 0. The van der Waals surface area contributed by atoms with Gasteiger partial charge in [-0.1, -0.05) is 340 Å². The van der Waals surface area contributed by atoms with E-state index in [1.165, 1.54) is 94.6 Å². The lowest BCUT2D eigenvalue weighted by Crippen LogP contribution is -2.28. The molecule has 21 aromatic rings. The Kier molecular flexibility index (Phi) is 16.7. The molecule has 0 spiro atoms. The van der Waals surface area contributed by atoms with Crippen LogP contribution >= 0.6 is 0 Å². The zero-order chi connectivity index (χ0) is 78.3. The van der Waals surface area contributed by atoms with Gasteiger partial charge < -0.3 is 29.2 Å². The van der Waals surface area contributed by atoms with Crippen molar-refractivity contribution < 1.29 is 13.3 Å². The fourth-order valence-electron chi connectivity index (χ4n) is 19.6. The van der Waals surface area contributed by atoms with Crippen LogP contribution in [0.15, 0.2) is 444 Å². The monoisotopic (exact) mass is 1510 g/mol. The Balaban J connectivity index is 0.000000108. The lowest BCUT2D eigenvalue weighted by molar-refractivity contribution is 0.669. The van der Waals surface area contributed by atoms with Crippen molar-refractivity contribution in [2.45, 2.75) is 23.2 Å². The van der Waals surface area contributed by atoms with Crippen molar-refractivity contribution in [1.82, 2.24) is 0 Å². The fraction of sp³-hybridized carbons (Fsp3) is 0.0357. The second-order valence-corrected chi connectivity index (χ2v) is 31.2. The summed E-state index contributed by atoms with van der Waals surface area (Å²) in [6, 6.07) is 154. The van der Waals surface area contributed by atoms with Gasteiger partial charge in [-0.3, -0.25) is 0 Å². The van der Waals surface area contributed by atoms with Gasteiger partial charge in [0.1, 0.15) is 27.9 Å². The van der Waals surface area contributed by atoms with Crippen molar-refractivity contribution in [2.75, 3.05) is 16.0 Å². The zero-order valence-electron chi connectivity index (χ0n) is 64.7. The lowest BCUT2D eigenvalue weighted by atomic mass is 9.67. The van der Waals surface area contributed by atoms with Crippen molar-refractivity contribution in [3.8, 4) is 44.5 Å². The average Bonchev–Trinajstić information content (AvgIpc) is 1.54. The average molecular weight is 1510 g/mol. The van der Waals surface area contributed by atoms with Gasteiger partial charge in [-0.25, -0.2) is 0 Å². The van der Waals surface area contributed by atoms with E-state index in [1.54, 1.807) is 0 Å². The van der Waals surface area contributed by atoms with Crippen molar-refractivity contribution in [1.29, 1.82) is 0 Å². The predicted molar refractivity (Wildman–Crippen MR) is 488 cm³/mol. The molecule has 3 aliphatic rings. The molecule has 0 atom stereocenters. The van der Waals surface area contributed by atoms with Crippen molar-refractivity contribution in [3.63, 3.8) is 0 Å². The maximum absolute atomic E-state index is 6.31. The molecule has 0 saturated heterocycles. The Labute approximate surface area is 684 Å². The summed E-state index contributed by atoms with van der Waals surface area (Å²) in [5.41, 5.74) is 34.9. The molecule has 3 heterocycles. The summed E-state index contributed by atoms with van der Waals surface area (Å²) < 4.78 is 18.6. The Morgan fingerprint density at radius 3 is 1.03 bits per heavy atom. The molecule has 24 rings (SSSR count). The number of nitrogens with one attached hydrogen (secondary N) is 3. The Hall–Kier alpha value is -15.2. The molecule has 0 fully saturated rings. The van der Waals surface area contributed by atoms with E-state index < -0.39 is 10.8 Å². The van der Waals surface area contributed by atoms with Crippen LogP contribution in [0.25, 0.3) is 110 Å². The lowest BCUT2D eigenvalue weighted by Gasteiger charge is -2.34. The van der Waals surface area contributed by atoms with E-state index in [0.29, 0.717) is 0 Å². The first-order valence-corrected chi connectivity index (χ1v) is 40.5. The van der Waals surface area contributed by atoms with Crippen LogP contribution in [0.4, 0.5) is 34.1 Å². The molecule has 6 heteroatoms. The molecule has 118 heavy (non-hydrogen) atoms. The molecular weight excluding hydrogens is 1440 g/mol. The third kappa shape index (κ3) is 11.2. The topological polar surface area (TPSA) is 75.5 Å². The van der Waals surface area contributed by atoms with E-state index in [2.05, 4.69) is 411 Å². The first-order chi connectivity index (χ1) is 58.4. The van der Waals surface area contributed by atoms with Crippen LogP contribution in [0.1, 0.15) is 68.1 Å². The third-order valence-electron chi connectivity index (χ3n) is 24.8. The fourth-order valence-corrected chi connectivity index (χ4v) is 19.6. The number of hydrogen-bond acceptors (Lipinski definition) is 6. The Morgan fingerprint density at radius 1 is 0.195 bits per heavy atom. The van der Waals surface area contributed by atoms with Gasteiger partial charge in [0.15, 0.2) is 5.58 Å². The van der Waals surface area contributed by atoms with Crippen molar-refractivity contribution >= 4 is 99.9 Å². The van der Waals surface area contributed by atoms with Crippen LogP contribution in [0.5, 0.6) is 0 Å². The summed E-state index contributed by atoms with van der Waals surface area (Å²) in [7, 11) is 0. The van der Waals surface area contributed by atoms with Crippen LogP contribution < -0.4 is 16.0 Å². The molecule has 3 aliphatic carbocycles. The number of para-hydroxylation sites is 5. The summed E-state index contributed by atoms with van der Waals surface area (Å²) in [5, 5.41) is 17.8. The van der Waals surface area contributed by atoms with E-state index in [4.69, 9.17) is 13.3 Å². The second-order valence-electron chi connectivity index (χ2n) is 31.2. The van der Waals surface area contributed by atoms with Gasteiger partial charge in [-0.2, -0.15) is 0 Å². The molecule has 0 aliphatic heterocycles. The van der Waals surface area contributed by atoms with Crippen LogP contribution in [-0.2, 0) is 16.2 Å². The van der Waals surface area contributed by atoms with Gasteiger partial charge in [0.25, 0.3) is 0 Å². The number of furan rings is 3. The molecule has 558 valence electrons. The van der Waals surface area contributed by atoms with Crippen molar-refractivity contribution in [3.05, 3.63) is 492 Å².